The zero-order chi connectivity index (χ0) is 24.4. The molecular weight excluding hydrogens is 475 g/mol. The van der Waals surface area contributed by atoms with Crippen molar-refractivity contribution < 1.29 is 17.9 Å². The largest absolute Gasteiger partial charge is 0.497 e. The fourth-order valence-electron chi connectivity index (χ4n) is 3.82. The molecule has 4 aromatic rings. The molecule has 2 heterocycles. The van der Waals surface area contributed by atoms with Gasteiger partial charge in [0.1, 0.15) is 5.75 Å². The van der Waals surface area contributed by atoms with Crippen LogP contribution >= 0.6 is 11.3 Å². The third-order valence-electron chi connectivity index (χ3n) is 5.87. The van der Waals surface area contributed by atoms with E-state index in [1.165, 1.54) is 40.8 Å². The van der Waals surface area contributed by atoms with Crippen molar-refractivity contribution >= 4 is 11.3 Å². The predicted molar refractivity (Wildman–Crippen MR) is 125 cm³/mol. The Hall–Kier alpha value is -3.71. The number of ether oxygens (including phenoxy) is 1. The van der Waals surface area contributed by atoms with E-state index in [1.807, 2.05) is 17.5 Å². The van der Waals surface area contributed by atoms with Crippen molar-refractivity contribution in [2.24, 2.45) is 0 Å². The molecule has 5 rings (SSSR count). The molecule has 0 bridgehead atoms. The summed E-state index contributed by atoms with van der Waals surface area (Å²) in [5.74, 6) is 6.52. The van der Waals surface area contributed by atoms with Gasteiger partial charge in [-0.1, -0.05) is 36.6 Å². The van der Waals surface area contributed by atoms with Gasteiger partial charge < -0.3 is 4.74 Å². The zero-order valence-electron chi connectivity index (χ0n) is 18.7. The lowest BCUT2D eigenvalue weighted by Gasteiger charge is -2.22. The van der Waals surface area contributed by atoms with Crippen LogP contribution in [0.3, 0.4) is 0 Å². The van der Waals surface area contributed by atoms with Gasteiger partial charge in [-0.2, -0.15) is 18.0 Å². The Kier molecular flexibility index (Phi) is 6.26. The van der Waals surface area contributed by atoms with E-state index < -0.39 is 11.7 Å². The number of hydrogen-bond acceptors (Lipinski definition) is 6. The summed E-state index contributed by atoms with van der Waals surface area (Å²) in [5.41, 5.74) is 0.636. The molecule has 0 radical (unpaired) electrons. The number of rotatable bonds is 5. The Morgan fingerprint density at radius 1 is 1.11 bits per heavy atom. The van der Waals surface area contributed by atoms with Crippen molar-refractivity contribution in [1.82, 2.24) is 25.2 Å². The number of benzene rings is 2. The summed E-state index contributed by atoms with van der Waals surface area (Å²) in [4.78, 5) is 5.75. The highest BCUT2D eigenvalue weighted by atomic mass is 32.1. The van der Waals surface area contributed by atoms with Gasteiger partial charge in [-0.05, 0) is 47.7 Å². The minimum Gasteiger partial charge on any atom is -0.497 e. The number of hydrogen-bond donors (Lipinski definition) is 0. The SMILES string of the molecule is COc1ccc(Cn2nnc(-c3cccc(C#Cc4nc(C5CCC5)cs4)c3C(F)(F)F)n2)cc1. The van der Waals surface area contributed by atoms with Gasteiger partial charge >= 0.3 is 6.18 Å². The van der Waals surface area contributed by atoms with E-state index in [0.29, 0.717) is 16.7 Å². The summed E-state index contributed by atoms with van der Waals surface area (Å²) >= 11 is 1.35. The topological polar surface area (TPSA) is 65.7 Å². The van der Waals surface area contributed by atoms with Crippen LogP contribution in [0.2, 0.25) is 0 Å². The van der Waals surface area contributed by atoms with Gasteiger partial charge in [0.15, 0.2) is 5.01 Å². The number of halogens is 3. The van der Waals surface area contributed by atoms with Crippen molar-refractivity contribution in [2.45, 2.75) is 37.9 Å². The van der Waals surface area contributed by atoms with Crippen LogP contribution in [0.5, 0.6) is 5.75 Å². The molecule has 1 aliphatic carbocycles. The van der Waals surface area contributed by atoms with E-state index >= 15 is 0 Å². The van der Waals surface area contributed by atoms with Crippen molar-refractivity contribution in [3.8, 4) is 29.0 Å². The second-order valence-corrected chi connectivity index (χ2v) is 9.03. The smallest absolute Gasteiger partial charge is 0.418 e. The number of aromatic nitrogens is 5. The number of thiazole rings is 1. The van der Waals surface area contributed by atoms with Crippen LogP contribution < -0.4 is 4.74 Å². The molecular formula is C25H20F3N5OS. The molecule has 0 unspecified atom stereocenters. The van der Waals surface area contributed by atoms with Gasteiger partial charge in [0.2, 0.25) is 5.82 Å². The van der Waals surface area contributed by atoms with Gasteiger partial charge in [0, 0.05) is 22.4 Å². The van der Waals surface area contributed by atoms with Crippen LogP contribution in [0.15, 0.2) is 47.8 Å². The van der Waals surface area contributed by atoms with Crippen molar-refractivity contribution in [3.63, 3.8) is 0 Å². The molecule has 1 aliphatic rings. The fraction of sp³-hybridized carbons (Fsp3) is 0.280. The average Bonchev–Trinajstić information content (AvgIpc) is 3.46. The monoisotopic (exact) mass is 495 g/mol. The van der Waals surface area contributed by atoms with Crippen molar-refractivity contribution in [2.75, 3.05) is 7.11 Å². The third-order valence-corrected chi connectivity index (χ3v) is 6.65. The molecule has 6 nitrogen and oxygen atoms in total. The quantitative estimate of drug-likeness (QED) is 0.340. The fourth-order valence-corrected chi connectivity index (χ4v) is 4.56. The van der Waals surface area contributed by atoms with E-state index in [0.717, 1.165) is 24.1 Å². The Morgan fingerprint density at radius 2 is 1.91 bits per heavy atom. The second kappa shape index (κ2) is 9.50. The number of methoxy groups -OCH3 is 1. The lowest BCUT2D eigenvalue weighted by molar-refractivity contribution is -0.137. The minimum atomic E-state index is -4.65. The average molecular weight is 496 g/mol. The highest BCUT2D eigenvalue weighted by Gasteiger charge is 2.37. The summed E-state index contributed by atoms with van der Waals surface area (Å²) in [6.45, 7) is 0.255. The second-order valence-electron chi connectivity index (χ2n) is 8.17. The Balaban J connectivity index is 1.44. The standard InChI is InChI=1S/C25H20F3N5OS/c1-34-19-11-8-16(9-12-19)14-33-31-24(30-32-33)20-7-3-6-18(23(20)25(26,27)28)10-13-22-29-21(15-35-22)17-4-2-5-17/h3,6-9,11-12,15,17H,2,4-5,14H2,1H3. The molecule has 1 fully saturated rings. The summed E-state index contributed by atoms with van der Waals surface area (Å²) < 4.78 is 47.5. The Labute approximate surface area is 203 Å². The number of alkyl halides is 3. The van der Waals surface area contributed by atoms with Crippen LogP contribution in [-0.2, 0) is 12.7 Å². The maximum atomic E-state index is 14.1. The first-order chi connectivity index (χ1) is 16.9. The van der Waals surface area contributed by atoms with Crippen LogP contribution in [0.25, 0.3) is 11.4 Å². The minimum absolute atomic E-state index is 0.115. The lowest BCUT2D eigenvalue weighted by atomic mass is 9.83. The Morgan fingerprint density at radius 3 is 2.60 bits per heavy atom. The van der Waals surface area contributed by atoms with Crippen LogP contribution in [0.1, 0.15) is 52.6 Å². The van der Waals surface area contributed by atoms with Crippen LogP contribution in [-0.4, -0.2) is 32.3 Å². The summed E-state index contributed by atoms with van der Waals surface area (Å²) in [7, 11) is 1.57. The number of nitrogens with zero attached hydrogens (tertiary/aromatic N) is 5. The van der Waals surface area contributed by atoms with E-state index in [-0.39, 0.29) is 23.5 Å². The van der Waals surface area contributed by atoms with E-state index in [2.05, 4.69) is 32.2 Å². The molecule has 0 aliphatic heterocycles. The first kappa shape index (κ1) is 23.1. The molecule has 0 N–H and O–H groups in total. The van der Waals surface area contributed by atoms with Crippen molar-refractivity contribution in [3.05, 3.63) is 75.2 Å². The van der Waals surface area contributed by atoms with E-state index in [9.17, 15) is 13.2 Å². The maximum Gasteiger partial charge on any atom is 0.418 e. The van der Waals surface area contributed by atoms with Gasteiger partial charge in [-0.25, -0.2) is 4.98 Å². The van der Waals surface area contributed by atoms with E-state index in [4.69, 9.17) is 4.74 Å². The van der Waals surface area contributed by atoms with Gasteiger partial charge in [-0.3, -0.25) is 0 Å². The first-order valence-corrected chi connectivity index (χ1v) is 11.9. The molecule has 35 heavy (non-hydrogen) atoms. The predicted octanol–water partition coefficient (Wildman–Crippen LogP) is 5.54. The summed E-state index contributed by atoms with van der Waals surface area (Å²) in [5, 5.41) is 14.5. The van der Waals surface area contributed by atoms with Gasteiger partial charge in [-0.15, -0.1) is 21.5 Å². The molecule has 0 atom stereocenters. The molecule has 0 saturated heterocycles. The highest BCUT2D eigenvalue weighted by Crippen LogP contribution is 2.38. The first-order valence-electron chi connectivity index (χ1n) is 11.0. The van der Waals surface area contributed by atoms with E-state index in [1.54, 1.807) is 19.2 Å². The molecule has 10 heteroatoms. The van der Waals surface area contributed by atoms with Crippen LogP contribution in [0, 0.1) is 11.8 Å². The normalized spacial score (nSPS) is 13.7. The lowest BCUT2D eigenvalue weighted by Crippen LogP contribution is -2.11. The Bertz CT molecular complexity index is 1390. The third kappa shape index (κ3) is 5.05. The van der Waals surface area contributed by atoms with Crippen molar-refractivity contribution in [1.29, 1.82) is 0 Å². The van der Waals surface area contributed by atoms with Gasteiger partial charge in [0.25, 0.3) is 0 Å². The summed E-state index contributed by atoms with van der Waals surface area (Å²) in [6, 6.07) is 11.4. The molecule has 2 aromatic heterocycles. The van der Waals surface area contributed by atoms with Crippen LogP contribution in [0.4, 0.5) is 13.2 Å². The molecule has 2 aromatic carbocycles. The number of tetrazole rings is 1. The van der Waals surface area contributed by atoms with Gasteiger partial charge in [0.05, 0.1) is 24.9 Å². The maximum absolute atomic E-state index is 14.1. The molecule has 1 saturated carbocycles. The molecule has 0 amide bonds. The molecule has 178 valence electrons. The molecule has 0 spiro atoms. The highest BCUT2D eigenvalue weighted by molar-refractivity contribution is 7.10. The summed E-state index contributed by atoms with van der Waals surface area (Å²) in [6.07, 6.45) is -1.27. The zero-order valence-corrected chi connectivity index (χ0v) is 19.5.